The summed E-state index contributed by atoms with van der Waals surface area (Å²) in [6.07, 6.45) is 1.62. The summed E-state index contributed by atoms with van der Waals surface area (Å²) >= 11 is 1.42. The molecule has 0 radical (unpaired) electrons. The molecule has 0 aliphatic heterocycles. The van der Waals surface area contributed by atoms with Crippen molar-refractivity contribution in [2.45, 2.75) is 6.92 Å². The Balaban J connectivity index is 1.81. The summed E-state index contributed by atoms with van der Waals surface area (Å²) in [6.45, 7) is 2.58. The number of benzene rings is 2. The number of ether oxygens (including phenoxy) is 3. The van der Waals surface area contributed by atoms with Gasteiger partial charge in [-0.15, -0.1) is 11.3 Å². The lowest BCUT2D eigenvalue weighted by Crippen LogP contribution is -1.96. The van der Waals surface area contributed by atoms with Crippen LogP contribution in [0.4, 0.5) is 5.69 Å². The van der Waals surface area contributed by atoms with E-state index in [1.165, 1.54) is 11.3 Å². The zero-order valence-corrected chi connectivity index (χ0v) is 17.2. The molecular formula is C22H21N3O3S. The van der Waals surface area contributed by atoms with Gasteiger partial charge in [0.2, 0.25) is 0 Å². The Kier molecular flexibility index (Phi) is 6.72. The largest absolute Gasteiger partial charge is 0.497 e. The van der Waals surface area contributed by atoms with Crippen LogP contribution in [0, 0.1) is 11.3 Å². The van der Waals surface area contributed by atoms with Gasteiger partial charge in [0.05, 0.1) is 32.2 Å². The summed E-state index contributed by atoms with van der Waals surface area (Å²) in [6, 6.07) is 15.4. The van der Waals surface area contributed by atoms with Gasteiger partial charge in [-0.25, -0.2) is 4.98 Å². The summed E-state index contributed by atoms with van der Waals surface area (Å²) in [4.78, 5) is 4.61. The van der Waals surface area contributed by atoms with Crippen LogP contribution < -0.4 is 19.5 Å². The van der Waals surface area contributed by atoms with Crippen LogP contribution in [0.15, 0.2) is 54.0 Å². The second kappa shape index (κ2) is 9.62. The van der Waals surface area contributed by atoms with Crippen molar-refractivity contribution in [3.63, 3.8) is 0 Å². The highest BCUT2D eigenvalue weighted by atomic mass is 32.1. The van der Waals surface area contributed by atoms with Crippen molar-refractivity contribution in [3.05, 3.63) is 59.1 Å². The fourth-order valence-electron chi connectivity index (χ4n) is 2.64. The Morgan fingerprint density at radius 3 is 2.55 bits per heavy atom. The average molecular weight is 407 g/mol. The van der Waals surface area contributed by atoms with E-state index in [9.17, 15) is 5.26 Å². The number of aromatic nitrogens is 1. The topological polar surface area (TPSA) is 76.4 Å². The van der Waals surface area contributed by atoms with Crippen molar-refractivity contribution in [1.29, 1.82) is 5.26 Å². The van der Waals surface area contributed by atoms with Crippen LogP contribution in [0.3, 0.4) is 0 Å². The number of nitrogens with one attached hydrogen (secondary N) is 1. The first-order valence-corrected chi connectivity index (χ1v) is 9.84. The van der Waals surface area contributed by atoms with Crippen molar-refractivity contribution in [2.75, 3.05) is 26.1 Å². The number of anilines is 1. The number of thiazole rings is 1. The molecule has 0 aliphatic carbocycles. The van der Waals surface area contributed by atoms with Gasteiger partial charge in [-0.05, 0) is 43.3 Å². The molecule has 6 nitrogen and oxygen atoms in total. The van der Waals surface area contributed by atoms with Gasteiger partial charge in [0.25, 0.3) is 0 Å². The van der Waals surface area contributed by atoms with Gasteiger partial charge in [-0.2, -0.15) is 5.26 Å². The molecule has 148 valence electrons. The van der Waals surface area contributed by atoms with Crippen LogP contribution in [0.1, 0.15) is 11.9 Å². The maximum Gasteiger partial charge on any atom is 0.142 e. The number of hydrogen-bond acceptors (Lipinski definition) is 7. The third kappa shape index (κ3) is 4.86. The third-order valence-electron chi connectivity index (χ3n) is 4.09. The van der Waals surface area contributed by atoms with Gasteiger partial charge in [0.1, 0.15) is 33.9 Å². The van der Waals surface area contributed by atoms with Crippen LogP contribution in [0.2, 0.25) is 0 Å². The first kappa shape index (κ1) is 20.2. The summed E-state index contributed by atoms with van der Waals surface area (Å²) in [7, 11) is 3.19. The zero-order valence-electron chi connectivity index (χ0n) is 16.4. The predicted octanol–water partition coefficient (Wildman–Crippen LogP) is 5.20. The van der Waals surface area contributed by atoms with Crippen LogP contribution in [0.5, 0.6) is 17.2 Å². The SMILES string of the molecule is CCOc1ccc(-c2csc(C(C#N)=CNc3cc(OC)ccc3OC)n2)cc1. The molecule has 1 aromatic heterocycles. The van der Waals surface area contributed by atoms with E-state index in [0.717, 1.165) is 17.0 Å². The summed E-state index contributed by atoms with van der Waals surface area (Å²) in [5.41, 5.74) is 2.91. The molecule has 0 fully saturated rings. The monoisotopic (exact) mass is 407 g/mol. The molecule has 2 aromatic carbocycles. The van der Waals surface area contributed by atoms with Crippen LogP contribution in [-0.4, -0.2) is 25.8 Å². The molecule has 0 aliphatic rings. The average Bonchev–Trinajstić information content (AvgIpc) is 3.25. The molecule has 0 spiro atoms. The van der Waals surface area contributed by atoms with Crippen LogP contribution >= 0.6 is 11.3 Å². The number of allylic oxidation sites excluding steroid dienone is 1. The Bertz CT molecular complexity index is 1040. The highest BCUT2D eigenvalue weighted by Gasteiger charge is 2.10. The fraction of sp³-hybridized carbons (Fsp3) is 0.182. The number of nitrogens with zero attached hydrogens (tertiary/aromatic N) is 2. The van der Waals surface area contributed by atoms with Crippen molar-refractivity contribution in [2.24, 2.45) is 0 Å². The van der Waals surface area contributed by atoms with E-state index in [4.69, 9.17) is 14.2 Å². The molecule has 7 heteroatoms. The smallest absolute Gasteiger partial charge is 0.142 e. The van der Waals surface area contributed by atoms with Gasteiger partial charge in [0, 0.05) is 23.2 Å². The number of rotatable bonds is 8. The Morgan fingerprint density at radius 1 is 1.14 bits per heavy atom. The zero-order chi connectivity index (χ0) is 20.6. The first-order valence-electron chi connectivity index (χ1n) is 8.96. The van der Waals surface area contributed by atoms with E-state index in [0.29, 0.717) is 34.4 Å². The molecule has 3 rings (SSSR count). The van der Waals surface area contributed by atoms with Crippen molar-refractivity contribution in [3.8, 4) is 34.6 Å². The van der Waals surface area contributed by atoms with Gasteiger partial charge >= 0.3 is 0 Å². The number of nitriles is 1. The van der Waals surface area contributed by atoms with Crippen molar-refractivity contribution < 1.29 is 14.2 Å². The Morgan fingerprint density at radius 2 is 1.90 bits per heavy atom. The summed E-state index contributed by atoms with van der Waals surface area (Å²) in [5, 5.41) is 15.3. The highest BCUT2D eigenvalue weighted by Crippen LogP contribution is 2.31. The number of hydrogen-bond donors (Lipinski definition) is 1. The lowest BCUT2D eigenvalue weighted by Gasteiger charge is -2.10. The molecule has 0 amide bonds. The number of methoxy groups -OCH3 is 2. The summed E-state index contributed by atoms with van der Waals surface area (Å²) < 4.78 is 16.1. The second-order valence-electron chi connectivity index (χ2n) is 5.88. The lowest BCUT2D eigenvalue weighted by molar-refractivity contribution is 0.340. The quantitative estimate of drug-likeness (QED) is 0.517. The maximum atomic E-state index is 9.60. The Hall–Kier alpha value is -3.50. The molecular weight excluding hydrogens is 386 g/mol. The lowest BCUT2D eigenvalue weighted by atomic mass is 10.2. The normalized spacial score (nSPS) is 10.9. The minimum atomic E-state index is 0.428. The fourth-order valence-corrected chi connectivity index (χ4v) is 3.43. The molecule has 0 atom stereocenters. The molecule has 0 saturated carbocycles. The van der Waals surface area contributed by atoms with Gasteiger partial charge < -0.3 is 19.5 Å². The minimum Gasteiger partial charge on any atom is -0.497 e. The highest BCUT2D eigenvalue weighted by molar-refractivity contribution is 7.11. The third-order valence-corrected chi connectivity index (χ3v) is 4.97. The molecule has 0 unspecified atom stereocenters. The van der Waals surface area contributed by atoms with Gasteiger partial charge in [-0.3, -0.25) is 0 Å². The van der Waals surface area contributed by atoms with Crippen LogP contribution in [0.25, 0.3) is 16.8 Å². The summed E-state index contributed by atoms with van der Waals surface area (Å²) in [5.74, 6) is 2.15. The first-order chi connectivity index (χ1) is 14.2. The minimum absolute atomic E-state index is 0.428. The molecule has 1 heterocycles. The maximum absolute atomic E-state index is 9.60. The second-order valence-corrected chi connectivity index (χ2v) is 6.73. The van der Waals surface area contributed by atoms with E-state index >= 15 is 0 Å². The predicted molar refractivity (Wildman–Crippen MR) is 115 cm³/mol. The van der Waals surface area contributed by atoms with E-state index in [1.54, 1.807) is 32.6 Å². The van der Waals surface area contributed by atoms with Gasteiger partial charge in [0.15, 0.2) is 0 Å². The van der Waals surface area contributed by atoms with Gasteiger partial charge in [-0.1, -0.05) is 0 Å². The van der Waals surface area contributed by atoms with E-state index in [2.05, 4.69) is 16.4 Å². The van der Waals surface area contributed by atoms with E-state index in [1.807, 2.05) is 42.6 Å². The molecule has 1 N–H and O–H groups in total. The van der Waals surface area contributed by atoms with E-state index < -0.39 is 0 Å². The van der Waals surface area contributed by atoms with E-state index in [-0.39, 0.29) is 0 Å². The standard InChI is InChI=1S/C22H21N3O3S/c1-4-28-17-7-5-15(6-8-17)20-14-29-22(25-20)16(12-23)13-24-19-11-18(26-2)9-10-21(19)27-3/h5-11,13-14,24H,4H2,1-3H3. The molecule has 0 bridgehead atoms. The van der Waals surface area contributed by atoms with Crippen molar-refractivity contribution >= 4 is 22.6 Å². The van der Waals surface area contributed by atoms with Crippen molar-refractivity contribution in [1.82, 2.24) is 4.98 Å². The van der Waals surface area contributed by atoms with Crippen LogP contribution in [-0.2, 0) is 0 Å². The molecule has 3 aromatic rings. The molecule has 0 saturated heterocycles. The molecule has 29 heavy (non-hydrogen) atoms. The Labute approximate surface area is 174 Å².